The Bertz CT molecular complexity index is 386. The lowest BCUT2D eigenvalue weighted by Gasteiger charge is -2.35. The summed E-state index contributed by atoms with van der Waals surface area (Å²) < 4.78 is 0. The van der Waals surface area contributed by atoms with Crippen LogP contribution in [0.5, 0.6) is 0 Å². The van der Waals surface area contributed by atoms with Gasteiger partial charge in [0.25, 0.3) is 0 Å². The molecule has 0 spiro atoms. The molecular formula is C15H21N. The molecule has 0 atom stereocenters. The van der Waals surface area contributed by atoms with E-state index in [0.29, 0.717) is 5.41 Å². The van der Waals surface area contributed by atoms with Crippen LogP contribution >= 0.6 is 0 Å². The van der Waals surface area contributed by atoms with E-state index in [1.165, 1.54) is 29.6 Å². The fourth-order valence-electron chi connectivity index (χ4n) is 2.85. The maximum atomic E-state index is 3.70. The molecular weight excluding hydrogens is 194 g/mol. The van der Waals surface area contributed by atoms with E-state index in [1.807, 2.05) is 0 Å². The van der Waals surface area contributed by atoms with Gasteiger partial charge in [-0.3, -0.25) is 0 Å². The molecule has 1 aliphatic carbocycles. The van der Waals surface area contributed by atoms with Gasteiger partial charge in [-0.1, -0.05) is 25.2 Å². The maximum absolute atomic E-state index is 3.70. The van der Waals surface area contributed by atoms with E-state index < -0.39 is 0 Å². The number of hydrogen-bond donors (Lipinski definition) is 1. The van der Waals surface area contributed by atoms with Gasteiger partial charge in [-0.05, 0) is 61.9 Å². The topological polar surface area (TPSA) is 12.0 Å². The monoisotopic (exact) mass is 215 g/mol. The highest BCUT2D eigenvalue weighted by atomic mass is 14.9. The molecule has 1 saturated heterocycles. The molecule has 0 radical (unpaired) electrons. The van der Waals surface area contributed by atoms with Crippen molar-refractivity contribution in [3.8, 4) is 0 Å². The minimum atomic E-state index is 0.353. The van der Waals surface area contributed by atoms with E-state index in [1.54, 1.807) is 0 Å². The fourth-order valence-corrected chi connectivity index (χ4v) is 2.85. The highest BCUT2D eigenvalue weighted by Crippen LogP contribution is 2.43. The van der Waals surface area contributed by atoms with Crippen molar-refractivity contribution in [2.24, 2.45) is 5.41 Å². The molecule has 1 N–H and O–H groups in total. The number of allylic oxidation sites excluding steroid dienone is 5. The zero-order chi connectivity index (χ0) is 11.6. The Morgan fingerprint density at radius 2 is 2.12 bits per heavy atom. The molecule has 2 rings (SSSR count). The normalized spacial score (nSPS) is 24.0. The van der Waals surface area contributed by atoms with Gasteiger partial charge < -0.3 is 5.32 Å². The van der Waals surface area contributed by atoms with Crippen LogP contribution < -0.4 is 5.32 Å². The van der Waals surface area contributed by atoms with Crippen LogP contribution in [-0.4, -0.2) is 13.1 Å². The molecule has 1 heterocycles. The van der Waals surface area contributed by atoms with Crippen molar-refractivity contribution in [3.63, 3.8) is 0 Å². The van der Waals surface area contributed by atoms with E-state index in [9.17, 15) is 0 Å². The second kappa shape index (κ2) is 4.45. The van der Waals surface area contributed by atoms with Crippen LogP contribution in [0.15, 0.2) is 41.2 Å². The van der Waals surface area contributed by atoms with Crippen LogP contribution in [0.1, 0.15) is 33.1 Å². The highest BCUT2D eigenvalue weighted by molar-refractivity contribution is 5.47. The third-order valence-corrected chi connectivity index (χ3v) is 3.84. The number of hydrogen-bond acceptors (Lipinski definition) is 1. The molecule has 1 heteroatoms. The predicted octanol–water partition coefficient (Wildman–Crippen LogP) is 3.36. The largest absolute Gasteiger partial charge is 0.317 e. The smallest absolute Gasteiger partial charge is 0.00405 e. The minimum Gasteiger partial charge on any atom is -0.317 e. The fraction of sp³-hybridized carbons (Fsp3) is 0.533. The van der Waals surface area contributed by atoms with Crippen molar-refractivity contribution in [1.82, 2.24) is 5.32 Å². The van der Waals surface area contributed by atoms with Gasteiger partial charge in [-0.25, -0.2) is 0 Å². The van der Waals surface area contributed by atoms with Crippen LogP contribution in [0.25, 0.3) is 0 Å². The maximum Gasteiger partial charge on any atom is -0.00405 e. The van der Waals surface area contributed by atoms with E-state index in [2.05, 4.69) is 43.6 Å². The van der Waals surface area contributed by atoms with E-state index in [4.69, 9.17) is 0 Å². The quantitative estimate of drug-likeness (QED) is 0.696. The third kappa shape index (κ3) is 2.07. The van der Waals surface area contributed by atoms with Crippen molar-refractivity contribution in [1.29, 1.82) is 0 Å². The summed E-state index contributed by atoms with van der Waals surface area (Å²) in [7, 11) is 0. The molecule has 0 bridgehead atoms. The second-order valence-electron chi connectivity index (χ2n) is 5.27. The SMILES string of the molecule is C=C=CC1=C(C2(C)CCNCC2)C=C(C)C1. The Balaban J connectivity index is 2.34. The summed E-state index contributed by atoms with van der Waals surface area (Å²) in [5.41, 5.74) is 7.71. The van der Waals surface area contributed by atoms with Crippen molar-refractivity contribution < 1.29 is 0 Å². The summed E-state index contributed by atoms with van der Waals surface area (Å²) in [5.74, 6) is 0. The molecule has 0 saturated carbocycles. The first-order valence-electron chi connectivity index (χ1n) is 6.13. The van der Waals surface area contributed by atoms with Crippen molar-refractivity contribution >= 4 is 0 Å². The Labute approximate surface area is 98.6 Å². The first-order valence-corrected chi connectivity index (χ1v) is 6.13. The summed E-state index contributed by atoms with van der Waals surface area (Å²) in [5, 5.41) is 3.44. The highest BCUT2D eigenvalue weighted by Gasteiger charge is 2.33. The van der Waals surface area contributed by atoms with Gasteiger partial charge in [0.2, 0.25) is 0 Å². The minimum absolute atomic E-state index is 0.353. The Kier molecular flexibility index (Phi) is 3.18. The van der Waals surface area contributed by atoms with Gasteiger partial charge in [0.1, 0.15) is 0 Å². The van der Waals surface area contributed by atoms with Gasteiger partial charge in [-0.15, -0.1) is 5.73 Å². The summed E-state index contributed by atoms with van der Waals surface area (Å²) >= 11 is 0. The molecule has 0 aromatic carbocycles. The molecule has 2 aliphatic rings. The predicted molar refractivity (Wildman–Crippen MR) is 69.3 cm³/mol. The van der Waals surface area contributed by atoms with Crippen LogP contribution in [0.4, 0.5) is 0 Å². The standard InChI is InChI=1S/C15H21N/c1-4-5-13-10-12(2)11-14(13)15(3)6-8-16-9-7-15/h5,11,16H,1,6-10H2,2-3H3. The summed E-state index contributed by atoms with van der Waals surface area (Å²) in [6.07, 6.45) is 8.01. The molecule has 1 aliphatic heterocycles. The lowest BCUT2D eigenvalue weighted by atomic mass is 9.73. The molecule has 1 nitrogen and oxygen atoms in total. The molecule has 86 valence electrons. The average Bonchev–Trinajstić information content (AvgIpc) is 2.62. The van der Waals surface area contributed by atoms with Crippen LogP contribution in [0.3, 0.4) is 0 Å². The molecule has 16 heavy (non-hydrogen) atoms. The molecule has 0 amide bonds. The van der Waals surface area contributed by atoms with Crippen molar-refractivity contribution in [2.75, 3.05) is 13.1 Å². The molecule has 0 aromatic heterocycles. The van der Waals surface area contributed by atoms with Gasteiger partial charge >= 0.3 is 0 Å². The lowest BCUT2D eigenvalue weighted by molar-refractivity contribution is 0.287. The number of piperidine rings is 1. The zero-order valence-electron chi connectivity index (χ0n) is 10.4. The van der Waals surface area contributed by atoms with Crippen LogP contribution in [0, 0.1) is 5.41 Å². The van der Waals surface area contributed by atoms with E-state index >= 15 is 0 Å². The molecule has 0 aromatic rings. The first kappa shape index (κ1) is 11.4. The van der Waals surface area contributed by atoms with Crippen molar-refractivity contribution in [2.45, 2.75) is 33.1 Å². The second-order valence-corrected chi connectivity index (χ2v) is 5.27. The van der Waals surface area contributed by atoms with Crippen LogP contribution in [-0.2, 0) is 0 Å². The average molecular weight is 215 g/mol. The summed E-state index contributed by atoms with van der Waals surface area (Å²) in [6.45, 7) is 10.6. The van der Waals surface area contributed by atoms with Gasteiger partial charge in [0, 0.05) is 0 Å². The van der Waals surface area contributed by atoms with Gasteiger partial charge in [0.05, 0.1) is 0 Å². The number of nitrogens with one attached hydrogen (secondary N) is 1. The van der Waals surface area contributed by atoms with E-state index in [0.717, 1.165) is 19.5 Å². The van der Waals surface area contributed by atoms with Crippen LogP contribution in [0.2, 0.25) is 0 Å². The Hall–Kier alpha value is -1.04. The Morgan fingerprint density at radius 3 is 2.75 bits per heavy atom. The lowest BCUT2D eigenvalue weighted by Crippen LogP contribution is -2.35. The molecule has 1 fully saturated rings. The van der Waals surface area contributed by atoms with E-state index in [-0.39, 0.29) is 0 Å². The van der Waals surface area contributed by atoms with Crippen molar-refractivity contribution in [3.05, 3.63) is 41.2 Å². The zero-order valence-corrected chi connectivity index (χ0v) is 10.4. The summed E-state index contributed by atoms with van der Waals surface area (Å²) in [6, 6.07) is 0. The molecule has 0 unspecified atom stereocenters. The third-order valence-electron chi connectivity index (χ3n) is 3.84. The Morgan fingerprint density at radius 1 is 1.44 bits per heavy atom. The van der Waals surface area contributed by atoms with Gasteiger partial charge in [-0.2, -0.15) is 0 Å². The van der Waals surface area contributed by atoms with Gasteiger partial charge in [0.15, 0.2) is 0 Å². The summed E-state index contributed by atoms with van der Waals surface area (Å²) in [4.78, 5) is 0. The first-order chi connectivity index (χ1) is 7.65. The number of rotatable bonds is 2.